The molecule has 58 valence electrons. The Hall–Kier alpha value is -0.660. The SMILES string of the molecule is C/N=C\CCCC/C=N\C. The van der Waals surface area contributed by atoms with Crippen LogP contribution in [0.3, 0.4) is 0 Å². The van der Waals surface area contributed by atoms with E-state index in [1.807, 2.05) is 26.5 Å². The minimum absolute atomic E-state index is 1.11. The highest BCUT2D eigenvalue weighted by Gasteiger charge is 1.82. The quantitative estimate of drug-likeness (QED) is 0.412. The van der Waals surface area contributed by atoms with Crippen molar-refractivity contribution in [2.75, 3.05) is 14.1 Å². The van der Waals surface area contributed by atoms with Crippen molar-refractivity contribution in [3.63, 3.8) is 0 Å². The van der Waals surface area contributed by atoms with E-state index in [0.29, 0.717) is 0 Å². The molecule has 0 spiro atoms. The van der Waals surface area contributed by atoms with E-state index in [9.17, 15) is 0 Å². The highest BCUT2D eigenvalue weighted by Crippen LogP contribution is 1.95. The van der Waals surface area contributed by atoms with Gasteiger partial charge in [0, 0.05) is 14.1 Å². The molecule has 0 amide bonds. The summed E-state index contributed by atoms with van der Waals surface area (Å²) < 4.78 is 0. The monoisotopic (exact) mass is 140 g/mol. The predicted octanol–water partition coefficient (Wildman–Crippen LogP) is 1.95. The maximum absolute atomic E-state index is 3.89. The molecule has 2 heteroatoms. The summed E-state index contributed by atoms with van der Waals surface area (Å²) in [5.74, 6) is 0. The molecule has 0 aromatic carbocycles. The molecule has 0 bridgehead atoms. The Morgan fingerprint density at radius 1 is 0.900 bits per heavy atom. The van der Waals surface area contributed by atoms with E-state index in [1.165, 1.54) is 12.8 Å². The topological polar surface area (TPSA) is 24.7 Å². The van der Waals surface area contributed by atoms with E-state index in [2.05, 4.69) is 9.98 Å². The van der Waals surface area contributed by atoms with Crippen molar-refractivity contribution in [3.05, 3.63) is 0 Å². The van der Waals surface area contributed by atoms with E-state index in [-0.39, 0.29) is 0 Å². The molecule has 0 aromatic rings. The first-order valence-corrected chi connectivity index (χ1v) is 3.73. The average molecular weight is 140 g/mol. The average Bonchev–Trinajstić information content (AvgIpc) is 1.97. The van der Waals surface area contributed by atoms with Crippen LogP contribution in [0.4, 0.5) is 0 Å². The lowest BCUT2D eigenvalue weighted by molar-refractivity contribution is 0.805. The van der Waals surface area contributed by atoms with Crippen LogP contribution in [-0.2, 0) is 0 Å². The molecule has 0 aromatic heterocycles. The summed E-state index contributed by atoms with van der Waals surface area (Å²) >= 11 is 0. The van der Waals surface area contributed by atoms with Gasteiger partial charge < -0.3 is 9.98 Å². The van der Waals surface area contributed by atoms with Gasteiger partial charge in [-0.05, 0) is 38.1 Å². The van der Waals surface area contributed by atoms with Crippen LogP contribution in [0.25, 0.3) is 0 Å². The lowest BCUT2D eigenvalue weighted by atomic mass is 10.2. The van der Waals surface area contributed by atoms with Gasteiger partial charge in [0.15, 0.2) is 0 Å². The second-order valence-corrected chi connectivity index (χ2v) is 2.17. The second kappa shape index (κ2) is 8.34. The molecular weight excluding hydrogens is 124 g/mol. The third-order valence-electron chi connectivity index (χ3n) is 1.28. The summed E-state index contributed by atoms with van der Waals surface area (Å²) in [6.45, 7) is 0. The highest BCUT2D eigenvalue weighted by atomic mass is 14.6. The van der Waals surface area contributed by atoms with Crippen LogP contribution >= 0.6 is 0 Å². The van der Waals surface area contributed by atoms with Crippen molar-refractivity contribution in [1.82, 2.24) is 0 Å². The second-order valence-electron chi connectivity index (χ2n) is 2.17. The van der Waals surface area contributed by atoms with Gasteiger partial charge in [-0.15, -0.1) is 0 Å². The van der Waals surface area contributed by atoms with Crippen LogP contribution in [0.1, 0.15) is 25.7 Å². The van der Waals surface area contributed by atoms with Crippen molar-refractivity contribution < 1.29 is 0 Å². The number of nitrogens with zero attached hydrogens (tertiary/aromatic N) is 2. The molecule has 2 nitrogen and oxygen atoms in total. The maximum atomic E-state index is 3.89. The van der Waals surface area contributed by atoms with Gasteiger partial charge in [-0.1, -0.05) is 0 Å². The van der Waals surface area contributed by atoms with Gasteiger partial charge >= 0.3 is 0 Å². The lowest BCUT2D eigenvalue weighted by Gasteiger charge is -1.90. The van der Waals surface area contributed by atoms with Gasteiger partial charge in [0.1, 0.15) is 0 Å². The molecule has 0 rings (SSSR count). The lowest BCUT2D eigenvalue weighted by Crippen LogP contribution is -1.79. The Morgan fingerprint density at radius 3 is 1.60 bits per heavy atom. The first kappa shape index (κ1) is 9.34. The zero-order chi connectivity index (χ0) is 7.66. The molecule has 0 N–H and O–H groups in total. The molecule has 0 aliphatic rings. The molecule has 0 aliphatic heterocycles. The third kappa shape index (κ3) is 7.34. The minimum Gasteiger partial charge on any atom is -0.301 e. The van der Waals surface area contributed by atoms with Crippen LogP contribution in [0, 0.1) is 0 Å². The standard InChI is InChI=1S/C8H16N2/c1-9-7-5-3-4-6-8-10-2/h7-8H,3-6H2,1-2H3/b9-7-,10-8-. The largest absolute Gasteiger partial charge is 0.301 e. The number of hydrogen-bond donors (Lipinski definition) is 0. The Kier molecular flexibility index (Phi) is 7.79. The van der Waals surface area contributed by atoms with Gasteiger partial charge in [0.25, 0.3) is 0 Å². The normalized spacial score (nSPS) is 11.8. The van der Waals surface area contributed by atoms with Crippen molar-refractivity contribution in [2.45, 2.75) is 25.7 Å². The van der Waals surface area contributed by atoms with E-state index in [4.69, 9.17) is 0 Å². The summed E-state index contributed by atoms with van der Waals surface area (Å²) in [6.07, 6.45) is 8.58. The van der Waals surface area contributed by atoms with Gasteiger partial charge in [0.05, 0.1) is 0 Å². The number of hydrogen-bond acceptors (Lipinski definition) is 2. The van der Waals surface area contributed by atoms with E-state index in [1.54, 1.807) is 0 Å². The van der Waals surface area contributed by atoms with Gasteiger partial charge in [-0.25, -0.2) is 0 Å². The Morgan fingerprint density at radius 2 is 1.30 bits per heavy atom. The zero-order valence-electron chi connectivity index (χ0n) is 6.88. The molecule has 0 aliphatic carbocycles. The van der Waals surface area contributed by atoms with Crippen LogP contribution < -0.4 is 0 Å². The molecule has 0 unspecified atom stereocenters. The van der Waals surface area contributed by atoms with Gasteiger partial charge in [-0.3, -0.25) is 0 Å². The van der Waals surface area contributed by atoms with E-state index in [0.717, 1.165) is 12.8 Å². The fraction of sp³-hybridized carbons (Fsp3) is 0.750. The fourth-order valence-electron chi connectivity index (χ4n) is 0.729. The minimum atomic E-state index is 1.11. The zero-order valence-corrected chi connectivity index (χ0v) is 6.88. The Labute approximate surface area is 63.1 Å². The molecular formula is C8H16N2. The molecule has 0 saturated carbocycles. The molecule has 0 radical (unpaired) electrons. The smallest absolute Gasteiger partial charge is 0.0273 e. The summed E-state index contributed by atoms with van der Waals surface area (Å²) in [5.41, 5.74) is 0. The van der Waals surface area contributed by atoms with Crippen molar-refractivity contribution in [2.24, 2.45) is 9.98 Å². The maximum Gasteiger partial charge on any atom is 0.0273 e. The molecule has 10 heavy (non-hydrogen) atoms. The van der Waals surface area contributed by atoms with E-state index >= 15 is 0 Å². The van der Waals surface area contributed by atoms with Crippen molar-refractivity contribution in [3.8, 4) is 0 Å². The summed E-state index contributed by atoms with van der Waals surface area (Å²) in [4.78, 5) is 7.79. The number of unbranched alkanes of at least 4 members (excludes halogenated alkanes) is 3. The molecule has 0 atom stereocenters. The van der Waals surface area contributed by atoms with Gasteiger partial charge in [0.2, 0.25) is 0 Å². The number of rotatable bonds is 5. The van der Waals surface area contributed by atoms with Crippen LogP contribution in [0.2, 0.25) is 0 Å². The predicted molar refractivity (Wildman–Crippen MR) is 47.3 cm³/mol. The summed E-state index contributed by atoms with van der Waals surface area (Å²) in [7, 11) is 3.63. The Balaban J connectivity index is 2.90. The molecule has 0 saturated heterocycles. The fourth-order valence-corrected chi connectivity index (χ4v) is 0.729. The van der Waals surface area contributed by atoms with E-state index < -0.39 is 0 Å². The molecule has 0 heterocycles. The highest BCUT2D eigenvalue weighted by molar-refractivity contribution is 5.58. The van der Waals surface area contributed by atoms with Crippen molar-refractivity contribution in [1.29, 1.82) is 0 Å². The summed E-state index contributed by atoms with van der Waals surface area (Å²) in [6, 6.07) is 0. The van der Waals surface area contributed by atoms with Crippen LogP contribution in [0.15, 0.2) is 9.98 Å². The first-order valence-electron chi connectivity index (χ1n) is 3.73. The van der Waals surface area contributed by atoms with Crippen molar-refractivity contribution >= 4 is 12.4 Å². The van der Waals surface area contributed by atoms with Crippen LogP contribution in [-0.4, -0.2) is 26.5 Å². The first-order chi connectivity index (χ1) is 4.91. The Bertz CT molecular complexity index is 91.8. The molecule has 0 fully saturated rings. The van der Waals surface area contributed by atoms with Gasteiger partial charge in [-0.2, -0.15) is 0 Å². The van der Waals surface area contributed by atoms with Crippen LogP contribution in [0.5, 0.6) is 0 Å². The summed E-state index contributed by atoms with van der Waals surface area (Å²) in [5, 5.41) is 0. The third-order valence-corrected chi connectivity index (χ3v) is 1.28. The number of aliphatic imine (C=N–C) groups is 2.